The highest BCUT2D eigenvalue weighted by atomic mass is 16.6. The molecular weight excluding hydrogens is 432 g/mol. The summed E-state index contributed by atoms with van der Waals surface area (Å²) in [6, 6.07) is 8.83. The van der Waals surface area contributed by atoms with Crippen molar-refractivity contribution in [2.24, 2.45) is 0 Å². The Kier molecular flexibility index (Phi) is 6.45. The molecule has 2 N–H and O–H groups in total. The van der Waals surface area contributed by atoms with Gasteiger partial charge in [-0.25, -0.2) is 4.98 Å². The van der Waals surface area contributed by atoms with Crippen molar-refractivity contribution in [3.63, 3.8) is 0 Å². The monoisotopic (exact) mass is 464 g/mol. The van der Waals surface area contributed by atoms with Gasteiger partial charge in [0.1, 0.15) is 0 Å². The van der Waals surface area contributed by atoms with E-state index < -0.39 is 4.92 Å². The maximum Gasteiger partial charge on any atom is 0.270 e. The first-order valence-corrected chi connectivity index (χ1v) is 11.7. The number of aromatic amines is 1. The first-order valence-electron chi connectivity index (χ1n) is 11.7. The molecule has 2 aromatic heterocycles. The molecule has 3 heterocycles. The van der Waals surface area contributed by atoms with Gasteiger partial charge in [0.05, 0.1) is 16.2 Å². The number of nitrogens with one attached hydrogen (secondary N) is 2. The average molecular weight is 465 g/mol. The lowest BCUT2D eigenvalue weighted by molar-refractivity contribution is -0.384. The number of fused-ring (bicyclic) bond motifs is 1. The number of nitrogens with zero attached hydrogens (tertiary/aromatic N) is 4. The first-order chi connectivity index (χ1) is 16.2. The van der Waals surface area contributed by atoms with E-state index >= 15 is 0 Å². The van der Waals surface area contributed by atoms with E-state index in [0.717, 1.165) is 36.4 Å². The number of amides is 1. The van der Waals surface area contributed by atoms with E-state index in [1.807, 2.05) is 17.2 Å². The number of carbonyl (C=O) groups is 1. The third-order valence-corrected chi connectivity index (χ3v) is 6.21. The van der Waals surface area contributed by atoms with Crippen LogP contribution >= 0.6 is 0 Å². The highest BCUT2D eigenvalue weighted by molar-refractivity contribution is 6.07. The lowest BCUT2D eigenvalue weighted by atomic mass is 10.0. The summed E-state index contributed by atoms with van der Waals surface area (Å²) < 4.78 is 0. The maximum absolute atomic E-state index is 13.3. The van der Waals surface area contributed by atoms with Crippen molar-refractivity contribution in [2.45, 2.75) is 52.1 Å². The smallest absolute Gasteiger partial charge is 0.270 e. The van der Waals surface area contributed by atoms with E-state index in [9.17, 15) is 14.9 Å². The van der Waals surface area contributed by atoms with Crippen LogP contribution in [-0.4, -0.2) is 56.9 Å². The van der Waals surface area contributed by atoms with Gasteiger partial charge in [-0.15, -0.1) is 0 Å². The van der Waals surface area contributed by atoms with Crippen molar-refractivity contribution in [1.29, 1.82) is 0 Å². The van der Waals surface area contributed by atoms with Crippen molar-refractivity contribution in [2.75, 3.05) is 29.9 Å². The van der Waals surface area contributed by atoms with Crippen LogP contribution < -0.4 is 10.2 Å². The summed E-state index contributed by atoms with van der Waals surface area (Å²) in [5.74, 6) is 0.842. The fourth-order valence-corrected chi connectivity index (χ4v) is 4.66. The van der Waals surface area contributed by atoms with Gasteiger partial charge in [-0.05, 0) is 58.7 Å². The van der Waals surface area contributed by atoms with E-state index in [0.29, 0.717) is 24.0 Å². The van der Waals surface area contributed by atoms with E-state index in [2.05, 4.69) is 53.9 Å². The van der Waals surface area contributed by atoms with Crippen LogP contribution in [0.5, 0.6) is 0 Å². The van der Waals surface area contributed by atoms with Crippen molar-refractivity contribution < 1.29 is 9.72 Å². The van der Waals surface area contributed by atoms with Crippen LogP contribution in [0.25, 0.3) is 10.9 Å². The second-order valence-corrected chi connectivity index (χ2v) is 9.75. The zero-order valence-electron chi connectivity index (χ0n) is 20.2. The van der Waals surface area contributed by atoms with Gasteiger partial charge in [0.2, 0.25) is 0 Å². The number of anilines is 2. The molecular formula is C25H32N6O3. The first kappa shape index (κ1) is 23.5. The number of non-ortho nitro benzene ring substituents is 1. The molecule has 34 heavy (non-hydrogen) atoms. The van der Waals surface area contributed by atoms with Crippen LogP contribution in [0, 0.1) is 10.1 Å². The molecule has 4 rings (SSSR count). The standard InChI is InChI=1S/C25H32N6O3/c1-5-30(23-22(7-6-12-26-23)28-25(2,3)4)17-10-13-29(14-11-17)24(32)20-16-27-21-9-8-18(31(33)34)15-19(20)21/h6-9,12,15-17,27-28H,5,10-11,13-14H2,1-4H3. The summed E-state index contributed by atoms with van der Waals surface area (Å²) in [6.45, 7) is 10.6. The van der Waals surface area contributed by atoms with E-state index in [1.165, 1.54) is 12.1 Å². The molecule has 0 radical (unpaired) electrons. The number of hydrogen-bond acceptors (Lipinski definition) is 6. The Morgan fingerprint density at radius 1 is 1.29 bits per heavy atom. The number of hydrogen-bond donors (Lipinski definition) is 2. The number of piperidine rings is 1. The minimum atomic E-state index is -0.439. The van der Waals surface area contributed by atoms with Crippen molar-refractivity contribution in [3.8, 4) is 0 Å². The molecule has 0 unspecified atom stereocenters. The normalized spacial score (nSPS) is 14.9. The topological polar surface area (TPSA) is 107 Å². The van der Waals surface area contributed by atoms with Gasteiger partial charge >= 0.3 is 0 Å². The van der Waals surface area contributed by atoms with Crippen LogP contribution in [0.4, 0.5) is 17.2 Å². The van der Waals surface area contributed by atoms with Crippen LogP contribution in [0.15, 0.2) is 42.7 Å². The summed E-state index contributed by atoms with van der Waals surface area (Å²) in [7, 11) is 0. The Labute approximate surface area is 199 Å². The summed E-state index contributed by atoms with van der Waals surface area (Å²) in [5, 5.41) is 15.3. The predicted molar refractivity (Wildman–Crippen MR) is 135 cm³/mol. The fourth-order valence-electron chi connectivity index (χ4n) is 4.66. The zero-order chi connectivity index (χ0) is 24.5. The minimum absolute atomic E-state index is 0.0199. The number of nitro benzene ring substituents is 1. The van der Waals surface area contributed by atoms with Gasteiger partial charge in [0.25, 0.3) is 11.6 Å². The Hall–Kier alpha value is -3.62. The predicted octanol–water partition coefficient (Wildman–Crippen LogP) is 4.81. The van der Waals surface area contributed by atoms with Crippen LogP contribution in [0.1, 0.15) is 50.9 Å². The van der Waals surface area contributed by atoms with Crippen LogP contribution in [0.2, 0.25) is 0 Å². The molecule has 1 saturated heterocycles. The van der Waals surface area contributed by atoms with Gasteiger partial charge in [-0.1, -0.05) is 0 Å². The molecule has 0 bridgehead atoms. The van der Waals surface area contributed by atoms with E-state index in [1.54, 1.807) is 12.3 Å². The molecule has 1 aromatic carbocycles. The second-order valence-electron chi connectivity index (χ2n) is 9.75. The number of carbonyl (C=O) groups excluding carboxylic acids is 1. The largest absolute Gasteiger partial charge is 0.377 e. The summed E-state index contributed by atoms with van der Waals surface area (Å²) in [4.78, 5) is 35.9. The van der Waals surface area contributed by atoms with Gasteiger partial charge in [-0.2, -0.15) is 0 Å². The summed E-state index contributed by atoms with van der Waals surface area (Å²) in [5.41, 5.74) is 2.10. The second kappa shape index (κ2) is 9.32. The Morgan fingerprint density at radius 2 is 2.03 bits per heavy atom. The lowest BCUT2D eigenvalue weighted by Gasteiger charge is -2.39. The summed E-state index contributed by atoms with van der Waals surface area (Å²) in [6.07, 6.45) is 5.13. The third kappa shape index (κ3) is 4.83. The number of aromatic nitrogens is 2. The molecule has 1 fully saturated rings. The fraction of sp³-hybridized carbons (Fsp3) is 0.440. The van der Waals surface area contributed by atoms with Crippen molar-refractivity contribution >= 4 is 34.0 Å². The number of benzene rings is 1. The number of pyridine rings is 1. The molecule has 9 heteroatoms. The van der Waals surface area contributed by atoms with Gasteiger partial charge in [0, 0.05) is 66.6 Å². The Bertz CT molecular complexity index is 1190. The van der Waals surface area contributed by atoms with Crippen molar-refractivity contribution in [1.82, 2.24) is 14.9 Å². The number of likely N-dealkylation sites (tertiary alicyclic amines) is 1. The van der Waals surface area contributed by atoms with E-state index in [-0.39, 0.29) is 23.2 Å². The zero-order valence-corrected chi connectivity index (χ0v) is 20.2. The van der Waals surface area contributed by atoms with Crippen LogP contribution in [-0.2, 0) is 0 Å². The van der Waals surface area contributed by atoms with Gasteiger partial charge in [-0.3, -0.25) is 14.9 Å². The van der Waals surface area contributed by atoms with E-state index in [4.69, 9.17) is 0 Å². The number of nitro groups is 1. The van der Waals surface area contributed by atoms with Gasteiger partial charge in [0.15, 0.2) is 5.82 Å². The maximum atomic E-state index is 13.3. The molecule has 0 aliphatic carbocycles. The molecule has 1 amide bonds. The molecule has 180 valence electrons. The number of H-pyrrole nitrogens is 1. The third-order valence-electron chi connectivity index (χ3n) is 6.21. The van der Waals surface area contributed by atoms with Crippen molar-refractivity contribution in [3.05, 3.63) is 58.4 Å². The highest BCUT2D eigenvalue weighted by Gasteiger charge is 2.30. The lowest BCUT2D eigenvalue weighted by Crippen LogP contribution is -2.47. The Balaban J connectivity index is 1.49. The quantitative estimate of drug-likeness (QED) is 0.400. The molecule has 0 spiro atoms. The SMILES string of the molecule is CCN(c1ncccc1NC(C)(C)C)C1CCN(C(=O)c2c[nH]c3ccc([N+](=O)[O-])cc23)CC1. The number of rotatable bonds is 6. The van der Waals surface area contributed by atoms with Crippen LogP contribution in [0.3, 0.4) is 0 Å². The average Bonchev–Trinajstić information content (AvgIpc) is 3.23. The molecule has 0 atom stereocenters. The van der Waals surface area contributed by atoms with Gasteiger partial charge < -0.3 is 20.1 Å². The molecule has 0 saturated carbocycles. The minimum Gasteiger partial charge on any atom is -0.377 e. The Morgan fingerprint density at radius 3 is 2.68 bits per heavy atom. The highest BCUT2D eigenvalue weighted by Crippen LogP contribution is 2.31. The summed E-state index contributed by atoms with van der Waals surface area (Å²) >= 11 is 0. The molecule has 1 aliphatic heterocycles. The molecule has 3 aromatic rings. The molecule has 9 nitrogen and oxygen atoms in total. The molecule has 1 aliphatic rings.